The van der Waals surface area contributed by atoms with Crippen molar-refractivity contribution in [3.05, 3.63) is 102 Å². The van der Waals surface area contributed by atoms with Crippen LogP contribution in [0.4, 0.5) is 8.78 Å². The molecule has 0 saturated heterocycles. The third-order valence-corrected chi connectivity index (χ3v) is 7.24. The summed E-state index contributed by atoms with van der Waals surface area (Å²) in [6, 6.07) is 16.2. The van der Waals surface area contributed by atoms with E-state index in [0.717, 1.165) is 12.5 Å². The third kappa shape index (κ3) is 5.08. The van der Waals surface area contributed by atoms with Crippen LogP contribution in [0.25, 0.3) is 16.6 Å². The van der Waals surface area contributed by atoms with Gasteiger partial charge in [0.2, 0.25) is 0 Å². The molecule has 10 heteroatoms. The van der Waals surface area contributed by atoms with Crippen LogP contribution in [0.2, 0.25) is 0 Å². The van der Waals surface area contributed by atoms with Crippen molar-refractivity contribution in [1.82, 2.24) is 14.8 Å². The first kappa shape index (κ1) is 25.3. The summed E-state index contributed by atoms with van der Waals surface area (Å²) in [6.07, 6.45) is 5.85. The molecular weight excluding hydrogens is 512 g/mol. The summed E-state index contributed by atoms with van der Waals surface area (Å²) in [5.41, 5.74) is 2.50. The van der Waals surface area contributed by atoms with E-state index < -0.39 is 15.7 Å². The molecule has 0 fully saturated rings. The zero-order valence-corrected chi connectivity index (χ0v) is 21.1. The van der Waals surface area contributed by atoms with Gasteiger partial charge in [-0.15, -0.1) is 0 Å². The molecule has 0 unspecified atom stereocenters. The van der Waals surface area contributed by atoms with Gasteiger partial charge < -0.3 is 14.5 Å². The van der Waals surface area contributed by atoms with E-state index in [1.807, 2.05) is 0 Å². The van der Waals surface area contributed by atoms with Crippen molar-refractivity contribution in [2.45, 2.75) is 24.2 Å². The van der Waals surface area contributed by atoms with Crippen LogP contribution < -0.4 is 4.74 Å². The van der Waals surface area contributed by atoms with Gasteiger partial charge in [-0.2, -0.15) is 5.10 Å². The number of ether oxygens (including phenoxy) is 1. The minimum Gasteiger partial charge on any atom is -0.453 e. The lowest BCUT2D eigenvalue weighted by Crippen LogP contribution is -2.04. The summed E-state index contributed by atoms with van der Waals surface area (Å²) in [4.78, 5) is 13.2. The minimum absolute atomic E-state index is 0.215. The number of benzene rings is 3. The second kappa shape index (κ2) is 10.2. The molecule has 0 radical (unpaired) electrons. The molecule has 0 aliphatic carbocycles. The maximum atomic E-state index is 15.0. The molecule has 1 N–H and O–H groups in total. The van der Waals surface area contributed by atoms with Crippen LogP contribution in [-0.4, -0.2) is 35.7 Å². The zero-order valence-electron chi connectivity index (χ0n) is 20.3. The number of aromatic amines is 1. The van der Waals surface area contributed by atoms with Gasteiger partial charge in [0.1, 0.15) is 22.7 Å². The minimum atomic E-state index is -3.82. The summed E-state index contributed by atoms with van der Waals surface area (Å²) >= 11 is 0. The van der Waals surface area contributed by atoms with Crippen LogP contribution in [0.1, 0.15) is 23.2 Å². The van der Waals surface area contributed by atoms with E-state index in [1.54, 1.807) is 65.5 Å². The molecule has 38 heavy (non-hydrogen) atoms. The number of aromatic nitrogens is 3. The molecule has 2 heterocycles. The Morgan fingerprint density at radius 2 is 1.84 bits per heavy atom. The molecule has 0 aliphatic rings. The molecule has 0 aliphatic heterocycles. The van der Waals surface area contributed by atoms with Crippen LogP contribution in [0.5, 0.6) is 11.5 Å². The van der Waals surface area contributed by atoms with Crippen molar-refractivity contribution in [2.75, 3.05) is 6.26 Å². The van der Waals surface area contributed by atoms with Crippen molar-refractivity contribution < 1.29 is 26.7 Å². The highest BCUT2D eigenvalue weighted by Crippen LogP contribution is 2.37. The van der Waals surface area contributed by atoms with Crippen molar-refractivity contribution in [2.24, 2.45) is 0 Å². The maximum absolute atomic E-state index is 15.0. The highest BCUT2D eigenvalue weighted by molar-refractivity contribution is 7.91. The number of carbonyl (C=O) groups excluding carboxylic acids is 1. The zero-order chi connectivity index (χ0) is 26.9. The van der Waals surface area contributed by atoms with Gasteiger partial charge in [-0.1, -0.05) is 24.3 Å². The lowest BCUT2D eigenvalue weighted by molar-refractivity contribution is -0.107. The lowest BCUT2D eigenvalue weighted by Gasteiger charge is -2.13. The Hall–Kier alpha value is -4.31. The van der Waals surface area contributed by atoms with Gasteiger partial charge in [0, 0.05) is 54.5 Å². The van der Waals surface area contributed by atoms with E-state index in [2.05, 4.69) is 10.1 Å². The first-order valence-electron chi connectivity index (χ1n) is 11.8. The number of carbonyl (C=O) groups is 1. The summed E-state index contributed by atoms with van der Waals surface area (Å²) in [7, 11) is -3.82. The van der Waals surface area contributed by atoms with Crippen LogP contribution >= 0.6 is 0 Å². The SMILES string of the molecule is CS(=O)(=O)c1c(Oc2cccc(-n3ccc(Cc4cccc(CCC=O)c4F)n3)c2)c(F)cc2[nH]ccc12. The molecule has 2 aromatic heterocycles. The molecule has 7 nitrogen and oxygen atoms in total. The van der Waals surface area contributed by atoms with Crippen LogP contribution in [0, 0.1) is 11.6 Å². The highest BCUT2D eigenvalue weighted by Gasteiger charge is 2.24. The maximum Gasteiger partial charge on any atom is 0.182 e. The standard InChI is InChI=1S/C28H23F2N3O4S/c1-38(35,36)28-23-10-12-31-25(23)17-24(29)27(28)37-22-9-3-8-21(16-22)33-13-11-20(32-33)15-19-6-2-5-18(26(19)30)7-4-14-34/h2-3,5-6,8-14,16-17,31H,4,7,15H2,1H3. The van der Waals surface area contributed by atoms with E-state index >= 15 is 0 Å². The van der Waals surface area contributed by atoms with Gasteiger partial charge in [0.25, 0.3) is 0 Å². The van der Waals surface area contributed by atoms with E-state index in [0.29, 0.717) is 39.8 Å². The molecule has 0 bridgehead atoms. The monoisotopic (exact) mass is 535 g/mol. The topological polar surface area (TPSA) is 94.1 Å². The second-order valence-electron chi connectivity index (χ2n) is 8.85. The first-order valence-corrected chi connectivity index (χ1v) is 13.7. The number of nitrogens with one attached hydrogen (secondary N) is 1. The molecule has 3 aromatic carbocycles. The molecule has 5 aromatic rings. The second-order valence-corrected chi connectivity index (χ2v) is 10.8. The van der Waals surface area contributed by atoms with Gasteiger partial charge in [-0.05, 0) is 41.8 Å². The smallest absolute Gasteiger partial charge is 0.182 e. The first-order chi connectivity index (χ1) is 18.2. The van der Waals surface area contributed by atoms with Crippen LogP contribution in [-0.2, 0) is 27.5 Å². The summed E-state index contributed by atoms with van der Waals surface area (Å²) in [5, 5.41) is 4.86. The number of halogens is 2. The fourth-order valence-electron chi connectivity index (χ4n) is 4.37. The van der Waals surface area contributed by atoms with E-state index in [1.165, 1.54) is 12.3 Å². The Morgan fingerprint density at radius 1 is 1.05 bits per heavy atom. The molecule has 0 spiro atoms. The Kier molecular flexibility index (Phi) is 6.81. The largest absolute Gasteiger partial charge is 0.453 e. The highest BCUT2D eigenvalue weighted by atomic mass is 32.2. The fourth-order valence-corrected chi connectivity index (χ4v) is 5.42. The Balaban J connectivity index is 1.42. The molecular formula is C28H23F2N3O4S. The number of nitrogens with zero attached hydrogens (tertiary/aromatic N) is 2. The quantitative estimate of drug-likeness (QED) is 0.250. The number of fused-ring (bicyclic) bond motifs is 1. The third-order valence-electron chi connectivity index (χ3n) is 6.10. The summed E-state index contributed by atoms with van der Waals surface area (Å²) in [5.74, 6) is -1.33. The van der Waals surface area contributed by atoms with Gasteiger partial charge >= 0.3 is 0 Å². The number of aldehydes is 1. The number of hydrogen-bond acceptors (Lipinski definition) is 5. The van der Waals surface area contributed by atoms with Gasteiger partial charge in [0.05, 0.1) is 11.4 Å². The fraction of sp³-hybridized carbons (Fsp3) is 0.143. The molecule has 0 saturated carbocycles. The van der Waals surface area contributed by atoms with E-state index in [4.69, 9.17) is 4.74 Å². The number of hydrogen-bond donors (Lipinski definition) is 1. The number of rotatable bonds is 9. The van der Waals surface area contributed by atoms with Gasteiger partial charge in [-0.3, -0.25) is 0 Å². The Morgan fingerprint density at radius 3 is 2.63 bits per heavy atom. The Labute approximate surface area is 217 Å². The number of aryl methyl sites for hydroxylation is 1. The van der Waals surface area contributed by atoms with Crippen LogP contribution in [0.3, 0.4) is 0 Å². The number of H-pyrrole nitrogens is 1. The van der Waals surface area contributed by atoms with Crippen molar-refractivity contribution in [3.8, 4) is 17.2 Å². The normalized spacial score (nSPS) is 11.7. The van der Waals surface area contributed by atoms with Gasteiger partial charge in [-0.25, -0.2) is 21.9 Å². The molecule has 194 valence electrons. The van der Waals surface area contributed by atoms with E-state index in [-0.39, 0.29) is 35.1 Å². The Bertz CT molecular complexity index is 1760. The lowest BCUT2D eigenvalue weighted by atomic mass is 10.0. The van der Waals surface area contributed by atoms with Gasteiger partial charge in [0.15, 0.2) is 21.4 Å². The molecule has 5 rings (SSSR count). The molecule has 0 atom stereocenters. The predicted octanol–water partition coefficient (Wildman–Crippen LogP) is 5.55. The van der Waals surface area contributed by atoms with Crippen molar-refractivity contribution in [3.63, 3.8) is 0 Å². The predicted molar refractivity (Wildman–Crippen MR) is 139 cm³/mol. The summed E-state index contributed by atoms with van der Waals surface area (Å²) in [6.45, 7) is 0. The van der Waals surface area contributed by atoms with E-state index in [9.17, 15) is 22.0 Å². The summed E-state index contributed by atoms with van der Waals surface area (Å²) < 4.78 is 62.2. The number of sulfone groups is 1. The average molecular weight is 536 g/mol. The molecule has 0 amide bonds. The van der Waals surface area contributed by atoms with Crippen molar-refractivity contribution in [1.29, 1.82) is 0 Å². The van der Waals surface area contributed by atoms with Crippen LogP contribution in [0.15, 0.2) is 78.0 Å². The van der Waals surface area contributed by atoms with Crippen molar-refractivity contribution >= 4 is 27.0 Å². The average Bonchev–Trinajstić information content (AvgIpc) is 3.54.